The highest BCUT2D eigenvalue weighted by molar-refractivity contribution is 7.92. The van der Waals surface area contributed by atoms with Crippen LogP contribution in [0.5, 0.6) is 11.5 Å². The zero-order valence-electron chi connectivity index (χ0n) is 21.2. The van der Waals surface area contributed by atoms with Crippen LogP contribution in [0.25, 0.3) is 11.1 Å². The number of hydrogen-bond donors (Lipinski definition) is 5. The van der Waals surface area contributed by atoms with Crippen LogP contribution in [0.2, 0.25) is 0 Å². The molecule has 0 bridgehead atoms. The fourth-order valence-corrected chi connectivity index (χ4v) is 4.61. The number of nitrogens with one attached hydrogen (secondary N) is 2. The number of anilines is 1. The number of aryl methyl sites for hydroxylation is 1. The molecule has 0 saturated heterocycles. The Bertz CT molecular complexity index is 1390. The van der Waals surface area contributed by atoms with Crippen molar-refractivity contribution >= 4 is 21.7 Å². The second-order valence-electron chi connectivity index (χ2n) is 8.92. The maximum atomic E-state index is 11.5. The Morgan fingerprint density at radius 2 is 1.70 bits per heavy atom. The van der Waals surface area contributed by atoms with Gasteiger partial charge >= 0.3 is 5.97 Å². The molecule has 0 aliphatic rings. The molecule has 0 radical (unpaired) electrons. The molecule has 0 aromatic heterocycles. The Kier molecular flexibility index (Phi) is 8.80. The zero-order chi connectivity index (χ0) is 27.3. The van der Waals surface area contributed by atoms with Crippen molar-refractivity contribution in [3.8, 4) is 22.6 Å². The summed E-state index contributed by atoms with van der Waals surface area (Å²) in [6, 6.07) is 13.0. The Morgan fingerprint density at radius 3 is 2.32 bits per heavy atom. The quantitative estimate of drug-likeness (QED) is 0.187. The molecule has 10 heteroatoms. The Morgan fingerprint density at radius 1 is 1.03 bits per heavy atom. The lowest BCUT2D eigenvalue weighted by atomic mass is 9.91. The largest absolute Gasteiger partial charge is 0.506 e. The molecule has 1 atom stereocenters. The molecule has 37 heavy (non-hydrogen) atoms. The van der Waals surface area contributed by atoms with Crippen LogP contribution >= 0.6 is 0 Å². The van der Waals surface area contributed by atoms with E-state index in [9.17, 15) is 23.4 Å². The number of aromatic hydroxyl groups is 1. The van der Waals surface area contributed by atoms with E-state index in [2.05, 4.69) is 10.0 Å². The van der Waals surface area contributed by atoms with Crippen molar-refractivity contribution in [2.24, 2.45) is 0 Å². The average Bonchev–Trinajstić information content (AvgIpc) is 2.82. The number of phenols is 1. The van der Waals surface area contributed by atoms with Crippen LogP contribution in [0, 0.1) is 20.8 Å². The van der Waals surface area contributed by atoms with Crippen LogP contribution in [0.3, 0.4) is 0 Å². The molecule has 0 heterocycles. The summed E-state index contributed by atoms with van der Waals surface area (Å²) in [5.41, 5.74) is 5.72. The summed E-state index contributed by atoms with van der Waals surface area (Å²) in [5.74, 6) is -0.442. The summed E-state index contributed by atoms with van der Waals surface area (Å²) in [6.07, 6.45) is 0.0622. The number of phenolic OH excluding ortho intramolecular Hbond substituents is 1. The normalized spacial score (nSPS) is 12.2. The molecule has 1 unspecified atom stereocenters. The van der Waals surface area contributed by atoms with E-state index in [1.54, 1.807) is 12.1 Å². The Hall–Kier alpha value is -3.60. The van der Waals surface area contributed by atoms with Gasteiger partial charge in [-0.15, -0.1) is 0 Å². The minimum Gasteiger partial charge on any atom is -0.506 e. The van der Waals surface area contributed by atoms with E-state index in [0.717, 1.165) is 39.8 Å². The number of rotatable bonds is 11. The van der Waals surface area contributed by atoms with Gasteiger partial charge in [0.2, 0.25) is 10.0 Å². The van der Waals surface area contributed by atoms with Crippen molar-refractivity contribution < 1.29 is 33.3 Å². The number of benzene rings is 3. The lowest BCUT2D eigenvalue weighted by Gasteiger charge is -2.18. The van der Waals surface area contributed by atoms with Gasteiger partial charge in [0.15, 0.2) is 0 Å². The molecule has 198 valence electrons. The third kappa shape index (κ3) is 7.22. The topological polar surface area (TPSA) is 145 Å². The maximum absolute atomic E-state index is 11.5. The average molecular weight is 529 g/mol. The van der Waals surface area contributed by atoms with E-state index in [4.69, 9.17) is 9.84 Å². The standard InChI is InChI=1S/C27H32N2O7S/c1-16-13-25(17(2)18(3)26(16)19-5-7-20(8-6-19)27(32)33)36-12-11-28-15-24(31)21-9-10-23(30)22(14-21)29-37(4,34)35/h5-10,13-14,24,28-31H,11-12,15H2,1-4H3,(H,32,33). The van der Waals surface area contributed by atoms with Gasteiger partial charge in [-0.05, 0) is 84.5 Å². The summed E-state index contributed by atoms with van der Waals surface area (Å²) < 4.78 is 31.1. The van der Waals surface area contributed by atoms with Crippen molar-refractivity contribution in [3.63, 3.8) is 0 Å². The molecule has 0 spiro atoms. The highest BCUT2D eigenvalue weighted by atomic mass is 32.2. The lowest BCUT2D eigenvalue weighted by molar-refractivity contribution is 0.0697. The van der Waals surface area contributed by atoms with E-state index in [1.165, 1.54) is 18.2 Å². The van der Waals surface area contributed by atoms with Gasteiger partial charge in [0.25, 0.3) is 0 Å². The van der Waals surface area contributed by atoms with Gasteiger partial charge in [-0.25, -0.2) is 13.2 Å². The number of aliphatic hydroxyl groups is 1. The third-order valence-corrected chi connectivity index (χ3v) is 6.64. The molecule has 0 amide bonds. The van der Waals surface area contributed by atoms with Crippen LogP contribution in [0.15, 0.2) is 48.5 Å². The van der Waals surface area contributed by atoms with E-state index in [1.807, 2.05) is 39.0 Å². The first-order valence-corrected chi connectivity index (χ1v) is 13.5. The number of carboxylic acid groups (broad SMARTS) is 1. The molecule has 3 aromatic carbocycles. The molecule has 0 fully saturated rings. The number of hydrogen-bond acceptors (Lipinski definition) is 7. The highest BCUT2D eigenvalue weighted by Crippen LogP contribution is 2.35. The van der Waals surface area contributed by atoms with Gasteiger partial charge in [0.1, 0.15) is 18.1 Å². The summed E-state index contributed by atoms with van der Waals surface area (Å²) in [4.78, 5) is 11.1. The van der Waals surface area contributed by atoms with Crippen LogP contribution in [-0.2, 0) is 10.0 Å². The first kappa shape index (κ1) is 28.0. The van der Waals surface area contributed by atoms with Gasteiger partial charge < -0.3 is 25.4 Å². The predicted molar refractivity (Wildman–Crippen MR) is 143 cm³/mol. The molecular formula is C27H32N2O7S. The lowest BCUT2D eigenvalue weighted by Crippen LogP contribution is -2.26. The minimum atomic E-state index is -3.57. The smallest absolute Gasteiger partial charge is 0.335 e. The number of aliphatic hydroxyl groups excluding tert-OH is 1. The predicted octanol–water partition coefficient (Wildman–Crippen LogP) is 3.76. The third-order valence-electron chi connectivity index (χ3n) is 6.04. The van der Waals surface area contributed by atoms with Crippen LogP contribution < -0.4 is 14.8 Å². The Labute approximate surface area is 216 Å². The molecule has 3 rings (SSSR count). The molecule has 0 saturated carbocycles. The molecule has 0 aliphatic carbocycles. The van der Waals surface area contributed by atoms with Crippen molar-refractivity contribution in [2.75, 3.05) is 30.7 Å². The van der Waals surface area contributed by atoms with Gasteiger partial charge in [0.05, 0.1) is 23.6 Å². The highest BCUT2D eigenvalue weighted by Gasteiger charge is 2.15. The number of sulfonamides is 1. The van der Waals surface area contributed by atoms with E-state index in [-0.39, 0.29) is 23.5 Å². The van der Waals surface area contributed by atoms with Gasteiger partial charge in [0, 0.05) is 13.1 Å². The van der Waals surface area contributed by atoms with Crippen LogP contribution in [0.4, 0.5) is 5.69 Å². The SMILES string of the molecule is Cc1cc(OCCNCC(O)c2ccc(O)c(NS(C)(=O)=O)c2)c(C)c(C)c1-c1ccc(C(=O)O)cc1. The first-order valence-electron chi connectivity index (χ1n) is 11.6. The van der Waals surface area contributed by atoms with Crippen LogP contribution in [-0.4, -0.2) is 55.7 Å². The minimum absolute atomic E-state index is 0.00451. The van der Waals surface area contributed by atoms with Gasteiger partial charge in [-0.2, -0.15) is 0 Å². The Balaban J connectivity index is 1.58. The summed E-state index contributed by atoms with van der Waals surface area (Å²) in [7, 11) is -3.57. The second kappa shape index (κ2) is 11.6. The first-order chi connectivity index (χ1) is 17.4. The summed E-state index contributed by atoms with van der Waals surface area (Å²) >= 11 is 0. The van der Waals surface area contributed by atoms with Crippen molar-refractivity contribution in [1.29, 1.82) is 0 Å². The number of ether oxygens (including phenoxy) is 1. The van der Waals surface area contributed by atoms with Gasteiger partial charge in [-0.1, -0.05) is 18.2 Å². The monoisotopic (exact) mass is 528 g/mol. The summed E-state index contributed by atoms with van der Waals surface area (Å²) in [5, 5.41) is 32.6. The second-order valence-corrected chi connectivity index (χ2v) is 10.7. The summed E-state index contributed by atoms with van der Waals surface area (Å²) in [6.45, 7) is 6.99. The van der Waals surface area contributed by atoms with Crippen molar-refractivity contribution in [2.45, 2.75) is 26.9 Å². The van der Waals surface area contributed by atoms with Crippen molar-refractivity contribution in [3.05, 3.63) is 76.3 Å². The molecular weight excluding hydrogens is 496 g/mol. The molecule has 5 N–H and O–H groups in total. The van der Waals surface area contributed by atoms with E-state index < -0.39 is 22.1 Å². The number of aromatic carboxylic acids is 1. The number of carbonyl (C=O) groups is 1. The fourth-order valence-electron chi connectivity index (χ4n) is 4.05. The van der Waals surface area contributed by atoms with E-state index >= 15 is 0 Å². The molecule has 0 aliphatic heterocycles. The maximum Gasteiger partial charge on any atom is 0.335 e. The fraction of sp³-hybridized carbons (Fsp3) is 0.296. The van der Waals surface area contributed by atoms with E-state index in [0.29, 0.717) is 18.7 Å². The van der Waals surface area contributed by atoms with Crippen LogP contribution in [0.1, 0.15) is 38.7 Å². The van der Waals surface area contributed by atoms with Gasteiger partial charge in [-0.3, -0.25) is 4.72 Å². The number of carboxylic acids is 1. The molecule has 3 aromatic rings. The van der Waals surface area contributed by atoms with Crippen molar-refractivity contribution in [1.82, 2.24) is 5.32 Å². The zero-order valence-corrected chi connectivity index (χ0v) is 22.0. The molecule has 9 nitrogen and oxygen atoms in total.